The summed E-state index contributed by atoms with van der Waals surface area (Å²) in [5.74, 6) is 0.574. The summed E-state index contributed by atoms with van der Waals surface area (Å²) < 4.78 is 0. The second kappa shape index (κ2) is 9.27. The Hall–Kier alpha value is -2.70. The fraction of sp³-hybridized carbons (Fsp3) is 0.160. The molecule has 0 fully saturated rings. The predicted molar refractivity (Wildman–Crippen MR) is 133 cm³/mol. The molecule has 2 aromatic heterocycles. The zero-order chi connectivity index (χ0) is 22.9. The van der Waals surface area contributed by atoms with Crippen LogP contribution in [0.4, 0.5) is 0 Å². The highest BCUT2D eigenvalue weighted by molar-refractivity contribution is 6.35. The molecule has 5 nitrogen and oxygen atoms in total. The van der Waals surface area contributed by atoms with Gasteiger partial charge in [0, 0.05) is 58.4 Å². The van der Waals surface area contributed by atoms with Crippen molar-refractivity contribution in [1.29, 1.82) is 0 Å². The van der Waals surface area contributed by atoms with Gasteiger partial charge >= 0.3 is 0 Å². The van der Waals surface area contributed by atoms with Gasteiger partial charge in [0.15, 0.2) is 0 Å². The Morgan fingerprint density at radius 3 is 2.36 bits per heavy atom. The standard InChI is InChI=1S/C25H19Cl3N4O/c26-18-4-2-16(3-5-18)24-30-23-7-8-32(14-21(23)25(33)31-24)13-15-1-6-22(29-12-15)17-9-19(27)11-20(28)10-17/h1-6,9-12H,7-8,13-14H2,(H,30,31,33). The molecule has 5 rings (SSSR count). The van der Waals surface area contributed by atoms with Gasteiger partial charge < -0.3 is 4.98 Å². The van der Waals surface area contributed by atoms with Crippen LogP contribution in [-0.4, -0.2) is 26.4 Å². The lowest BCUT2D eigenvalue weighted by Crippen LogP contribution is -2.35. The van der Waals surface area contributed by atoms with Crippen molar-refractivity contribution in [2.75, 3.05) is 6.54 Å². The first-order valence-electron chi connectivity index (χ1n) is 10.5. The highest BCUT2D eigenvalue weighted by atomic mass is 35.5. The van der Waals surface area contributed by atoms with Crippen molar-refractivity contribution in [3.8, 4) is 22.6 Å². The number of rotatable bonds is 4. The molecule has 33 heavy (non-hydrogen) atoms. The lowest BCUT2D eigenvalue weighted by Gasteiger charge is -2.27. The molecule has 0 bridgehead atoms. The van der Waals surface area contributed by atoms with E-state index in [9.17, 15) is 4.79 Å². The molecule has 0 spiro atoms. The number of aromatic nitrogens is 3. The molecule has 4 aromatic rings. The van der Waals surface area contributed by atoms with Crippen LogP contribution < -0.4 is 5.56 Å². The molecular weight excluding hydrogens is 479 g/mol. The maximum absolute atomic E-state index is 12.8. The summed E-state index contributed by atoms with van der Waals surface area (Å²) in [4.78, 5) is 27.2. The van der Waals surface area contributed by atoms with Crippen LogP contribution in [0.15, 0.2) is 65.6 Å². The van der Waals surface area contributed by atoms with Crippen LogP contribution in [0.5, 0.6) is 0 Å². The second-order valence-electron chi connectivity index (χ2n) is 8.02. The van der Waals surface area contributed by atoms with Crippen LogP contribution in [0.1, 0.15) is 16.8 Å². The third-order valence-corrected chi connectivity index (χ3v) is 6.34. The van der Waals surface area contributed by atoms with Gasteiger partial charge in [-0.25, -0.2) is 4.98 Å². The Morgan fingerprint density at radius 2 is 1.67 bits per heavy atom. The van der Waals surface area contributed by atoms with Crippen molar-refractivity contribution in [3.05, 3.63) is 103 Å². The van der Waals surface area contributed by atoms with E-state index in [-0.39, 0.29) is 5.56 Å². The smallest absolute Gasteiger partial charge is 0.255 e. The Balaban J connectivity index is 1.31. The Bertz CT molecular complexity index is 1350. The van der Waals surface area contributed by atoms with Crippen LogP contribution >= 0.6 is 34.8 Å². The SMILES string of the molecule is O=c1[nH]c(-c2ccc(Cl)cc2)nc2c1CN(Cc1ccc(-c3cc(Cl)cc(Cl)c3)nc1)CC2. The third kappa shape index (κ3) is 4.97. The van der Waals surface area contributed by atoms with Gasteiger partial charge in [0.2, 0.25) is 0 Å². The monoisotopic (exact) mass is 496 g/mol. The van der Waals surface area contributed by atoms with Crippen LogP contribution in [0, 0.1) is 0 Å². The quantitative estimate of drug-likeness (QED) is 0.375. The summed E-state index contributed by atoms with van der Waals surface area (Å²) in [5, 5.41) is 1.80. The molecule has 0 saturated carbocycles. The molecule has 1 aliphatic heterocycles. The predicted octanol–water partition coefficient (Wildman–Crippen LogP) is 6.02. The van der Waals surface area contributed by atoms with Crippen LogP contribution in [0.2, 0.25) is 15.1 Å². The van der Waals surface area contributed by atoms with Crippen molar-refractivity contribution in [2.45, 2.75) is 19.5 Å². The molecule has 0 radical (unpaired) electrons. The van der Waals surface area contributed by atoms with Gasteiger partial charge in [-0.1, -0.05) is 40.9 Å². The van der Waals surface area contributed by atoms with E-state index < -0.39 is 0 Å². The number of hydrogen-bond donors (Lipinski definition) is 1. The van der Waals surface area contributed by atoms with Crippen LogP contribution in [0.3, 0.4) is 0 Å². The lowest BCUT2D eigenvalue weighted by molar-refractivity contribution is 0.241. The summed E-state index contributed by atoms with van der Waals surface area (Å²) in [6.45, 7) is 2.06. The zero-order valence-electron chi connectivity index (χ0n) is 17.5. The van der Waals surface area contributed by atoms with Crippen molar-refractivity contribution >= 4 is 34.8 Å². The van der Waals surface area contributed by atoms with E-state index in [1.54, 1.807) is 18.2 Å². The average Bonchev–Trinajstić information content (AvgIpc) is 2.80. The molecule has 0 aliphatic carbocycles. The normalized spacial score (nSPS) is 13.7. The number of hydrogen-bond acceptors (Lipinski definition) is 4. The number of halogens is 3. The molecular formula is C25H19Cl3N4O. The third-order valence-electron chi connectivity index (χ3n) is 5.65. The van der Waals surface area contributed by atoms with Crippen molar-refractivity contribution in [1.82, 2.24) is 19.9 Å². The van der Waals surface area contributed by atoms with Gasteiger partial charge in [-0.2, -0.15) is 0 Å². The van der Waals surface area contributed by atoms with Gasteiger partial charge in [-0.15, -0.1) is 0 Å². The summed E-state index contributed by atoms with van der Waals surface area (Å²) >= 11 is 18.2. The van der Waals surface area contributed by atoms with Crippen LogP contribution in [-0.2, 0) is 19.5 Å². The van der Waals surface area contributed by atoms with E-state index in [1.165, 1.54) is 0 Å². The Kier molecular flexibility index (Phi) is 6.21. The van der Waals surface area contributed by atoms with E-state index >= 15 is 0 Å². The largest absolute Gasteiger partial charge is 0.306 e. The lowest BCUT2D eigenvalue weighted by atomic mass is 10.1. The van der Waals surface area contributed by atoms with E-state index in [4.69, 9.17) is 39.8 Å². The topological polar surface area (TPSA) is 61.9 Å². The summed E-state index contributed by atoms with van der Waals surface area (Å²) in [5.41, 5.74) is 5.07. The molecule has 0 saturated heterocycles. The van der Waals surface area contributed by atoms with Crippen molar-refractivity contribution < 1.29 is 0 Å². The fourth-order valence-corrected chi connectivity index (χ4v) is 4.66. The number of H-pyrrole nitrogens is 1. The average molecular weight is 498 g/mol. The first-order valence-corrected chi connectivity index (χ1v) is 11.6. The Labute approximate surface area is 206 Å². The van der Waals surface area contributed by atoms with Gasteiger partial charge in [0.1, 0.15) is 5.82 Å². The minimum absolute atomic E-state index is 0.0963. The number of aromatic amines is 1. The molecule has 0 unspecified atom stereocenters. The zero-order valence-corrected chi connectivity index (χ0v) is 19.8. The Morgan fingerprint density at radius 1 is 0.909 bits per heavy atom. The maximum Gasteiger partial charge on any atom is 0.255 e. The summed E-state index contributed by atoms with van der Waals surface area (Å²) in [6.07, 6.45) is 2.57. The first-order chi connectivity index (χ1) is 15.9. The maximum atomic E-state index is 12.8. The number of nitrogens with zero attached hydrogens (tertiary/aromatic N) is 3. The van der Waals surface area contributed by atoms with Crippen molar-refractivity contribution in [3.63, 3.8) is 0 Å². The number of pyridine rings is 1. The minimum atomic E-state index is -0.0963. The molecule has 0 amide bonds. The highest BCUT2D eigenvalue weighted by Crippen LogP contribution is 2.26. The molecule has 166 valence electrons. The van der Waals surface area contributed by atoms with E-state index in [0.717, 1.165) is 40.2 Å². The van der Waals surface area contributed by atoms with Gasteiger partial charge in [0.25, 0.3) is 5.56 Å². The van der Waals surface area contributed by atoms with Gasteiger partial charge in [-0.05, 0) is 54.1 Å². The second-order valence-corrected chi connectivity index (χ2v) is 9.33. The molecule has 1 N–H and O–H groups in total. The summed E-state index contributed by atoms with van der Waals surface area (Å²) in [7, 11) is 0. The highest BCUT2D eigenvalue weighted by Gasteiger charge is 2.21. The molecule has 3 heterocycles. The van der Waals surface area contributed by atoms with Gasteiger partial charge in [-0.3, -0.25) is 14.7 Å². The van der Waals surface area contributed by atoms with Crippen molar-refractivity contribution in [2.24, 2.45) is 0 Å². The molecule has 2 aromatic carbocycles. The number of fused-ring (bicyclic) bond motifs is 1. The molecule has 0 atom stereocenters. The minimum Gasteiger partial charge on any atom is -0.306 e. The molecule has 8 heteroatoms. The fourth-order valence-electron chi connectivity index (χ4n) is 4.01. The summed E-state index contributed by atoms with van der Waals surface area (Å²) in [6, 6.07) is 16.7. The first kappa shape index (κ1) is 22.1. The van der Waals surface area contributed by atoms with E-state index in [1.807, 2.05) is 42.6 Å². The van der Waals surface area contributed by atoms with E-state index in [0.29, 0.717) is 40.4 Å². The molecule has 1 aliphatic rings. The van der Waals surface area contributed by atoms with E-state index in [2.05, 4.69) is 14.9 Å². The number of benzene rings is 2. The van der Waals surface area contributed by atoms with Crippen LogP contribution in [0.25, 0.3) is 22.6 Å². The van der Waals surface area contributed by atoms with Gasteiger partial charge in [0.05, 0.1) is 17.0 Å². The number of nitrogens with one attached hydrogen (secondary N) is 1.